The number of hydrogen-bond acceptors (Lipinski definition) is 4. The van der Waals surface area contributed by atoms with Crippen LogP contribution in [-0.4, -0.2) is 39.2 Å². The second kappa shape index (κ2) is 8.61. The van der Waals surface area contributed by atoms with Crippen molar-refractivity contribution >= 4 is 21.6 Å². The maximum atomic E-state index is 12.4. The van der Waals surface area contributed by atoms with Gasteiger partial charge in [-0.1, -0.05) is 12.1 Å². The standard InChI is InChI=1S/C20H33N3O3S/c1-20(2,3)27(25,26)22-17-10-8-16(9-11-17)19(24)21-14-15-6-12-18(13-7-15)23(4)5/h6-7,12-13,16-17,22H,8-11,14H2,1-5H3,(H,21,24). The van der Waals surface area contributed by atoms with Gasteiger partial charge in [-0.15, -0.1) is 0 Å². The Balaban J connectivity index is 1.79. The predicted molar refractivity (Wildman–Crippen MR) is 110 cm³/mol. The highest BCUT2D eigenvalue weighted by Crippen LogP contribution is 2.26. The molecular formula is C20H33N3O3S. The normalized spacial score (nSPS) is 20.9. The van der Waals surface area contributed by atoms with Crippen molar-refractivity contribution in [3.05, 3.63) is 29.8 Å². The molecule has 0 radical (unpaired) electrons. The fourth-order valence-corrected chi connectivity index (χ4v) is 4.14. The van der Waals surface area contributed by atoms with Crippen LogP contribution in [0, 0.1) is 5.92 Å². The Morgan fingerprint density at radius 3 is 2.11 bits per heavy atom. The van der Waals surface area contributed by atoms with Crippen molar-refractivity contribution in [3.63, 3.8) is 0 Å². The van der Waals surface area contributed by atoms with Crippen molar-refractivity contribution in [1.29, 1.82) is 0 Å². The molecule has 1 aromatic rings. The molecule has 27 heavy (non-hydrogen) atoms. The Morgan fingerprint density at radius 1 is 1.07 bits per heavy atom. The van der Waals surface area contributed by atoms with Crippen LogP contribution in [0.1, 0.15) is 52.0 Å². The molecule has 1 aromatic carbocycles. The third-order valence-electron chi connectivity index (χ3n) is 5.15. The van der Waals surface area contributed by atoms with Crippen LogP contribution in [0.2, 0.25) is 0 Å². The zero-order chi connectivity index (χ0) is 20.2. The largest absolute Gasteiger partial charge is 0.378 e. The van der Waals surface area contributed by atoms with Crippen LogP contribution in [0.25, 0.3) is 0 Å². The van der Waals surface area contributed by atoms with Gasteiger partial charge in [0, 0.05) is 38.3 Å². The van der Waals surface area contributed by atoms with E-state index in [4.69, 9.17) is 0 Å². The molecule has 0 saturated heterocycles. The SMILES string of the molecule is CN(C)c1ccc(CNC(=O)C2CCC(NS(=O)(=O)C(C)(C)C)CC2)cc1. The molecule has 7 heteroatoms. The lowest BCUT2D eigenvalue weighted by Gasteiger charge is -2.30. The molecule has 1 saturated carbocycles. The maximum Gasteiger partial charge on any atom is 0.223 e. The van der Waals surface area contributed by atoms with E-state index in [0.717, 1.165) is 11.3 Å². The molecule has 152 valence electrons. The number of nitrogens with zero attached hydrogens (tertiary/aromatic N) is 1. The van der Waals surface area contributed by atoms with Crippen molar-refractivity contribution in [2.75, 3.05) is 19.0 Å². The molecule has 0 aromatic heterocycles. The number of carbonyl (C=O) groups is 1. The van der Waals surface area contributed by atoms with Gasteiger partial charge in [-0.05, 0) is 64.2 Å². The first-order valence-electron chi connectivity index (χ1n) is 9.55. The maximum absolute atomic E-state index is 12.4. The van der Waals surface area contributed by atoms with Gasteiger partial charge >= 0.3 is 0 Å². The number of nitrogens with one attached hydrogen (secondary N) is 2. The van der Waals surface area contributed by atoms with Crippen molar-refractivity contribution in [1.82, 2.24) is 10.0 Å². The Kier molecular flexibility index (Phi) is 6.92. The quantitative estimate of drug-likeness (QED) is 0.776. The van der Waals surface area contributed by atoms with E-state index in [1.165, 1.54) is 0 Å². The predicted octanol–water partition coefficient (Wildman–Crippen LogP) is 2.65. The summed E-state index contributed by atoms with van der Waals surface area (Å²) >= 11 is 0. The molecule has 2 rings (SSSR count). The summed E-state index contributed by atoms with van der Waals surface area (Å²) in [6, 6.07) is 8.04. The van der Waals surface area contributed by atoms with Crippen molar-refractivity contribution in [3.8, 4) is 0 Å². The average Bonchev–Trinajstić information content (AvgIpc) is 2.59. The molecular weight excluding hydrogens is 362 g/mol. The summed E-state index contributed by atoms with van der Waals surface area (Å²) in [5.74, 6) is 0.0188. The van der Waals surface area contributed by atoms with Crippen LogP contribution in [0.4, 0.5) is 5.69 Å². The zero-order valence-corrected chi connectivity index (χ0v) is 17.9. The summed E-state index contributed by atoms with van der Waals surface area (Å²) in [5.41, 5.74) is 2.20. The summed E-state index contributed by atoms with van der Waals surface area (Å²) < 4.78 is 26.5. The molecule has 1 aliphatic rings. The number of anilines is 1. The molecule has 0 atom stereocenters. The van der Waals surface area contributed by atoms with Gasteiger partial charge in [-0.3, -0.25) is 4.79 Å². The topological polar surface area (TPSA) is 78.5 Å². The first kappa shape index (κ1) is 21.7. The molecule has 0 spiro atoms. The van der Waals surface area contributed by atoms with E-state index in [1.54, 1.807) is 20.8 Å². The second-order valence-corrected chi connectivity index (χ2v) is 11.0. The van der Waals surface area contributed by atoms with E-state index >= 15 is 0 Å². The highest BCUT2D eigenvalue weighted by atomic mass is 32.2. The molecule has 1 amide bonds. The van der Waals surface area contributed by atoms with Crippen molar-refractivity contribution < 1.29 is 13.2 Å². The average molecular weight is 396 g/mol. The van der Waals surface area contributed by atoms with E-state index in [9.17, 15) is 13.2 Å². The molecule has 0 aliphatic heterocycles. The molecule has 0 bridgehead atoms. The molecule has 0 heterocycles. The molecule has 1 fully saturated rings. The van der Waals surface area contributed by atoms with Gasteiger partial charge in [0.15, 0.2) is 0 Å². The van der Waals surface area contributed by atoms with Crippen molar-refractivity contribution in [2.45, 2.75) is 63.8 Å². The lowest BCUT2D eigenvalue weighted by molar-refractivity contribution is -0.126. The van der Waals surface area contributed by atoms with Gasteiger partial charge in [0.2, 0.25) is 15.9 Å². The second-order valence-electron chi connectivity index (χ2n) is 8.56. The minimum absolute atomic E-state index is 0.0403. The minimum Gasteiger partial charge on any atom is -0.378 e. The molecule has 6 nitrogen and oxygen atoms in total. The van der Waals surface area contributed by atoms with Crippen LogP contribution < -0.4 is 14.9 Å². The lowest BCUT2D eigenvalue weighted by atomic mass is 9.86. The number of carbonyl (C=O) groups excluding carboxylic acids is 1. The Morgan fingerprint density at radius 2 is 1.63 bits per heavy atom. The highest BCUT2D eigenvalue weighted by Gasteiger charge is 2.33. The summed E-state index contributed by atoms with van der Waals surface area (Å²) in [4.78, 5) is 14.5. The fourth-order valence-electron chi connectivity index (χ4n) is 3.12. The summed E-state index contributed by atoms with van der Waals surface area (Å²) in [6.45, 7) is 5.60. The molecule has 2 N–H and O–H groups in total. The summed E-state index contributed by atoms with van der Waals surface area (Å²) in [5, 5.41) is 3.01. The summed E-state index contributed by atoms with van der Waals surface area (Å²) in [7, 11) is 0.644. The van der Waals surface area contributed by atoms with E-state index < -0.39 is 14.8 Å². The van der Waals surface area contributed by atoms with Gasteiger partial charge < -0.3 is 10.2 Å². The number of rotatable bonds is 6. The van der Waals surface area contributed by atoms with E-state index in [2.05, 4.69) is 10.0 Å². The first-order chi connectivity index (χ1) is 12.5. The van der Waals surface area contributed by atoms with Gasteiger partial charge in [0.25, 0.3) is 0 Å². The summed E-state index contributed by atoms with van der Waals surface area (Å²) in [6.07, 6.45) is 2.82. The van der Waals surface area contributed by atoms with Gasteiger partial charge in [-0.25, -0.2) is 13.1 Å². The zero-order valence-electron chi connectivity index (χ0n) is 17.1. The molecule has 1 aliphatic carbocycles. The third kappa shape index (κ3) is 5.94. The lowest BCUT2D eigenvalue weighted by Crippen LogP contribution is -2.46. The van der Waals surface area contributed by atoms with Crippen LogP contribution in [0.3, 0.4) is 0 Å². The van der Waals surface area contributed by atoms with Crippen LogP contribution in [-0.2, 0) is 21.4 Å². The highest BCUT2D eigenvalue weighted by molar-refractivity contribution is 7.90. The fraction of sp³-hybridized carbons (Fsp3) is 0.650. The number of benzene rings is 1. The monoisotopic (exact) mass is 395 g/mol. The Bertz CT molecular complexity index is 729. The van der Waals surface area contributed by atoms with E-state index in [-0.39, 0.29) is 17.9 Å². The van der Waals surface area contributed by atoms with Crippen LogP contribution >= 0.6 is 0 Å². The smallest absolute Gasteiger partial charge is 0.223 e. The number of amides is 1. The number of sulfonamides is 1. The Labute approximate surface area is 163 Å². The van der Waals surface area contributed by atoms with Crippen molar-refractivity contribution in [2.24, 2.45) is 5.92 Å². The third-order valence-corrected chi connectivity index (χ3v) is 7.40. The van der Waals surface area contributed by atoms with Gasteiger partial charge in [0.05, 0.1) is 4.75 Å². The Hall–Kier alpha value is -1.60. The van der Waals surface area contributed by atoms with Gasteiger partial charge in [0.1, 0.15) is 0 Å². The van der Waals surface area contributed by atoms with Crippen LogP contribution in [0.15, 0.2) is 24.3 Å². The van der Waals surface area contributed by atoms with Gasteiger partial charge in [-0.2, -0.15) is 0 Å². The first-order valence-corrected chi connectivity index (χ1v) is 11.0. The minimum atomic E-state index is -3.35. The molecule has 0 unspecified atom stereocenters. The number of hydrogen-bond donors (Lipinski definition) is 2. The van der Waals surface area contributed by atoms with Crippen LogP contribution in [0.5, 0.6) is 0 Å². The van der Waals surface area contributed by atoms with E-state index in [0.29, 0.717) is 32.2 Å². The van der Waals surface area contributed by atoms with E-state index in [1.807, 2.05) is 43.3 Å².